The van der Waals surface area contributed by atoms with Crippen molar-refractivity contribution in [2.24, 2.45) is 0 Å². The second-order valence-corrected chi connectivity index (χ2v) is 8.86. The number of hydrogen-bond donors (Lipinski definition) is 0. The molecule has 210 valence electrons. The molecule has 0 bridgehead atoms. The molecule has 0 unspecified atom stereocenters. The molecule has 0 fully saturated rings. The first-order valence-electron chi connectivity index (χ1n) is 13.2. The third kappa shape index (κ3) is 9.52. The maximum absolute atomic E-state index is 8.63. The van der Waals surface area contributed by atoms with Crippen molar-refractivity contribution in [3.63, 3.8) is 0 Å². The molecule has 1 heterocycles. The highest BCUT2D eigenvalue weighted by Crippen LogP contribution is 2.09. The summed E-state index contributed by atoms with van der Waals surface area (Å²) in [7, 11) is 0. The quantitative estimate of drug-likeness (QED) is 0.323. The van der Waals surface area contributed by atoms with Gasteiger partial charge in [-0.25, -0.2) is 4.57 Å². The molecule has 0 spiro atoms. The van der Waals surface area contributed by atoms with Gasteiger partial charge in [0.25, 0.3) is 0 Å². The first kappa shape index (κ1) is 33.7. The Morgan fingerprint density at radius 3 is 1.07 bits per heavy atom. The lowest BCUT2D eigenvalue weighted by Gasteiger charge is -1.96. The smallest absolute Gasteiger partial charge is 0.176 e. The lowest BCUT2D eigenvalue weighted by molar-refractivity contribution is -0.695. The first-order valence-corrected chi connectivity index (χ1v) is 13.2. The predicted molar refractivity (Wildman–Crippen MR) is 164 cm³/mol. The van der Waals surface area contributed by atoms with Crippen LogP contribution in [0.5, 0.6) is 0 Å². The molecule has 1 aromatic heterocycles. The number of pyridine rings is 1. The number of aromatic nitrogens is 1. The monoisotopic (exact) mass is 580 g/mol. The first-order chi connectivity index (χ1) is 21.9. The Hall–Kier alpha value is -7.53. The molecule has 4 rings (SSSR count). The van der Waals surface area contributed by atoms with Crippen LogP contribution in [0.15, 0.2) is 91.3 Å². The second-order valence-electron chi connectivity index (χ2n) is 8.86. The van der Waals surface area contributed by atoms with Crippen LogP contribution in [0.3, 0.4) is 0 Å². The lowest BCUT2D eigenvalue weighted by Crippen LogP contribution is -2.31. The Bertz CT molecular complexity index is 1970. The van der Waals surface area contributed by atoms with E-state index >= 15 is 0 Å². The Kier molecular flexibility index (Phi) is 13.5. The fourth-order valence-corrected chi connectivity index (χ4v) is 3.80. The molecule has 9 nitrogen and oxygen atoms in total. The van der Waals surface area contributed by atoms with E-state index in [-0.39, 0.29) is 22.3 Å². The zero-order valence-electron chi connectivity index (χ0n) is 24.1. The van der Waals surface area contributed by atoms with Crippen molar-refractivity contribution in [2.45, 2.75) is 19.9 Å². The second kappa shape index (κ2) is 18.0. The molecule has 0 aliphatic rings. The van der Waals surface area contributed by atoms with Gasteiger partial charge in [-0.15, -0.1) is 0 Å². The Morgan fingerprint density at radius 2 is 0.778 bits per heavy atom. The van der Waals surface area contributed by atoms with E-state index in [1.54, 1.807) is 48.6 Å². The molecule has 0 aliphatic carbocycles. The predicted octanol–water partition coefficient (Wildman–Crippen LogP) is 2.70. The Labute approximate surface area is 260 Å². The van der Waals surface area contributed by atoms with E-state index < -0.39 is 0 Å². The van der Waals surface area contributed by atoms with Gasteiger partial charge in [0.15, 0.2) is 12.4 Å². The zero-order chi connectivity index (χ0) is 33.0. The molecule has 0 saturated carbocycles. The molecule has 4 aromatic rings. The molecule has 0 aliphatic heterocycles. The van der Waals surface area contributed by atoms with Crippen LogP contribution in [0.4, 0.5) is 0 Å². The van der Waals surface area contributed by atoms with Crippen molar-refractivity contribution >= 4 is 33.1 Å². The minimum absolute atomic E-state index is 0.00187. The summed E-state index contributed by atoms with van der Waals surface area (Å²) in [5.74, 6) is 0. The van der Waals surface area contributed by atoms with Crippen LogP contribution in [-0.4, -0.2) is 0 Å². The molecule has 0 amide bonds. The van der Waals surface area contributed by atoms with E-state index in [1.807, 2.05) is 0 Å². The molecular weight excluding hydrogens is 558 g/mol. The van der Waals surface area contributed by atoms with E-state index in [1.165, 1.54) is 65.7 Å². The van der Waals surface area contributed by atoms with Gasteiger partial charge in [0, 0.05) is 38.7 Å². The van der Waals surface area contributed by atoms with Crippen LogP contribution < -0.4 is 25.4 Å². The SMILES string of the molecule is CCC[n+]1ccc2ccccc2c1.N#CC(C#N)=c1ccc(=C(C#N)C#N)cc1.N#CC(C#N)=c1ccc(=C(C#N)C#N)cc1. The van der Waals surface area contributed by atoms with Crippen LogP contribution >= 0.6 is 0 Å². The fraction of sp³-hybridized carbons (Fsp3) is 0.0833. The molecule has 0 saturated heterocycles. The fourth-order valence-electron chi connectivity index (χ4n) is 3.80. The topological polar surface area (TPSA) is 194 Å². The molecule has 3 aromatic carbocycles. The van der Waals surface area contributed by atoms with Crippen LogP contribution in [0.2, 0.25) is 0 Å². The van der Waals surface area contributed by atoms with Crippen LogP contribution in [-0.2, 0) is 6.54 Å². The largest absolute Gasteiger partial charge is 0.205 e. The number of nitrogens with zero attached hydrogens (tertiary/aromatic N) is 9. The summed E-state index contributed by atoms with van der Waals surface area (Å²) in [4.78, 5) is 0. The third-order valence-electron chi connectivity index (χ3n) is 6.05. The van der Waals surface area contributed by atoms with E-state index in [0.29, 0.717) is 20.9 Å². The zero-order valence-corrected chi connectivity index (χ0v) is 24.1. The van der Waals surface area contributed by atoms with Crippen molar-refractivity contribution in [2.75, 3.05) is 0 Å². The summed E-state index contributed by atoms with van der Waals surface area (Å²) in [5, 5.41) is 73.6. The summed E-state index contributed by atoms with van der Waals surface area (Å²) in [5.41, 5.74) is 0.00746. The minimum Gasteiger partial charge on any atom is -0.205 e. The number of benzene rings is 3. The van der Waals surface area contributed by atoms with E-state index in [0.717, 1.165) is 6.54 Å². The van der Waals surface area contributed by atoms with Gasteiger partial charge < -0.3 is 0 Å². The van der Waals surface area contributed by atoms with Gasteiger partial charge in [0.05, 0.1) is 0 Å². The van der Waals surface area contributed by atoms with Gasteiger partial charge in [0.1, 0.15) is 77.4 Å². The van der Waals surface area contributed by atoms with Gasteiger partial charge in [-0.05, 0) is 11.5 Å². The molecule has 0 N–H and O–H groups in total. The van der Waals surface area contributed by atoms with Gasteiger partial charge in [0.2, 0.25) is 0 Å². The highest BCUT2D eigenvalue weighted by molar-refractivity contribution is 5.80. The molecule has 0 atom stereocenters. The Morgan fingerprint density at radius 1 is 0.467 bits per heavy atom. The molecular formula is C36H22N9+. The van der Waals surface area contributed by atoms with Crippen LogP contribution in [0.25, 0.3) is 33.1 Å². The van der Waals surface area contributed by atoms with E-state index in [9.17, 15) is 0 Å². The highest BCUT2D eigenvalue weighted by Gasteiger charge is 2.00. The van der Waals surface area contributed by atoms with Crippen LogP contribution in [0.1, 0.15) is 13.3 Å². The van der Waals surface area contributed by atoms with Crippen molar-refractivity contribution in [3.8, 4) is 48.6 Å². The molecule has 0 radical (unpaired) electrons. The highest BCUT2D eigenvalue weighted by atomic mass is 14.9. The molecule has 9 heteroatoms. The number of aryl methyl sites for hydroxylation is 1. The minimum atomic E-state index is 0.00187. The summed E-state index contributed by atoms with van der Waals surface area (Å²) in [6.07, 6.45) is 5.54. The van der Waals surface area contributed by atoms with Gasteiger partial charge in [-0.3, -0.25) is 0 Å². The summed E-state index contributed by atoms with van der Waals surface area (Å²) in [6, 6.07) is 37.0. The average Bonchev–Trinajstić information content (AvgIpc) is 3.09. The standard InChI is InChI=1S/2C12H4N4.C12H14N/c2*13-5-11(6-14)9-1-2-10(4-3-9)12(7-15)8-16;1-2-8-13-9-7-11-5-3-4-6-12(11)10-13/h2*1-4H;3-7,9-10H,2,8H2,1H3/q;;+1. The summed E-state index contributed by atoms with van der Waals surface area (Å²) >= 11 is 0. The van der Waals surface area contributed by atoms with Gasteiger partial charge in [-0.2, -0.15) is 42.1 Å². The summed E-state index contributed by atoms with van der Waals surface area (Å²) < 4.78 is 2.24. The normalized spacial score (nSPS) is 8.56. The maximum Gasteiger partial charge on any atom is 0.176 e. The number of nitriles is 8. The number of hydrogen-bond acceptors (Lipinski definition) is 8. The number of fused-ring (bicyclic) bond motifs is 1. The van der Waals surface area contributed by atoms with Crippen molar-refractivity contribution in [3.05, 3.63) is 112 Å². The molecule has 45 heavy (non-hydrogen) atoms. The van der Waals surface area contributed by atoms with Gasteiger partial charge in [-0.1, -0.05) is 73.7 Å². The number of rotatable bonds is 2. The van der Waals surface area contributed by atoms with Gasteiger partial charge >= 0.3 is 0 Å². The van der Waals surface area contributed by atoms with E-state index in [2.05, 4.69) is 54.2 Å². The van der Waals surface area contributed by atoms with Crippen molar-refractivity contribution in [1.82, 2.24) is 0 Å². The lowest BCUT2D eigenvalue weighted by atomic mass is 10.1. The Balaban J connectivity index is 0.000000236. The van der Waals surface area contributed by atoms with Crippen molar-refractivity contribution < 1.29 is 4.57 Å². The average molecular weight is 581 g/mol. The summed E-state index contributed by atoms with van der Waals surface area (Å²) in [6.45, 7) is 3.30. The van der Waals surface area contributed by atoms with Crippen LogP contribution in [0, 0.1) is 90.6 Å². The third-order valence-corrected chi connectivity index (χ3v) is 6.05. The van der Waals surface area contributed by atoms with Crippen molar-refractivity contribution in [1.29, 1.82) is 42.1 Å². The maximum atomic E-state index is 8.63. The van der Waals surface area contributed by atoms with E-state index in [4.69, 9.17) is 42.1 Å².